The molecule has 26 heavy (non-hydrogen) atoms. The molecule has 140 valence electrons. The van der Waals surface area contributed by atoms with Crippen LogP contribution in [0, 0.1) is 0 Å². The number of benzene rings is 1. The lowest BCUT2D eigenvalue weighted by molar-refractivity contribution is 0.102. The Morgan fingerprint density at radius 1 is 1.15 bits per heavy atom. The molecule has 0 bridgehead atoms. The minimum atomic E-state index is 0.0881. The normalized spacial score (nSPS) is 15.3. The number of ether oxygens (including phenoxy) is 1. The van der Waals surface area contributed by atoms with E-state index < -0.39 is 0 Å². The second-order valence-corrected chi connectivity index (χ2v) is 8.42. The van der Waals surface area contributed by atoms with E-state index >= 15 is 0 Å². The molecular weight excluding hydrogens is 348 g/mol. The summed E-state index contributed by atoms with van der Waals surface area (Å²) in [4.78, 5) is 14.7. The molecule has 0 unspecified atom stereocenters. The fourth-order valence-electron chi connectivity index (χ4n) is 2.84. The maximum absolute atomic E-state index is 12.5. The summed E-state index contributed by atoms with van der Waals surface area (Å²) < 4.78 is 7.33. The zero-order valence-electron chi connectivity index (χ0n) is 15.9. The Morgan fingerprint density at radius 2 is 1.81 bits per heavy atom. The van der Waals surface area contributed by atoms with E-state index in [2.05, 4.69) is 35.9 Å². The Labute approximate surface area is 158 Å². The van der Waals surface area contributed by atoms with Gasteiger partial charge in [-0.2, -0.15) is 0 Å². The number of thioether (sulfide) groups is 1. The van der Waals surface area contributed by atoms with Crippen LogP contribution in [-0.2, 0) is 17.2 Å². The van der Waals surface area contributed by atoms with Gasteiger partial charge in [0.25, 0.3) is 0 Å². The van der Waals surface area contributed by atoms with Crippen LogP contribution in [0.3, 0.4) is 0 Å². The van der Waals surface area contributed by atoms with Crippen molar-refractivity contribution in [1.82, 2.24) is 14.8 Å². The predicted molar refractivity (Wildman–Crippen MR) is 104 cm³/mol. The molecule has 6 nitrogen and oxygen atoms in total. The molecule has 0 amide bonds. The van der Waals surface area contributed by atoms with Crippen molar-refractivity contribution >= 4 is 23.5 Å². The standard InChI is InChI=1S/C19H26N4O2S/c1-19(2,3)15-7-5-14(6-8-15)16(24)13-26-18-21-20-17(22(18)4)23-9-11-25-12-10-23/h5-8H,9-13H2,1-4H3. The highest BCUT2D eigenvalue weighted by molar-refractivity contribution is 7.99. The minimum absolute atomic E-state index is 0.0881. The van der Waals surface area contributed by atoms with E-state index in [1.807, 2.05) is 35.9 Å². The van der Waals surface area contributed by atoms with Gasteiger partial charge in [0, 0.05) is 25.7 Å². The average Bonchev–Trinajstić information content (AvgIpc) is 3.00. The Hall–Kier alpha value is -1.86. The van der Waals surface area contributed by atoms with Gasteiger partial charge in [0.05, 0.1) is 19.0 Å². The molecule has 1 aliphatic rings. The molecule has 1 aliphatic heterocycles. The summed E-state index contributed by atoms with van der Waals surface area (Å²) in [5, 5.41) is 9.28. The van der Waals surface area contributed by atoms with Crippen LogP contribution in [0.2, 0.25) is 0 Å². The zero-order valence-corrected chi connectivity index (χ0v) is 16.7. The first-order chi connectivity index (χ1) is 12.4. The van der Waals surface area contributed by atoms with E-state index in [9.17, 15) is 4.79 Å². The van der Waals surface area contributed by atoms with Crippen LogP contribution in [0.15, 0.2) is 29.4 Å². The first-order valence-corrected chi connectivity index (χ1v) is 9.83. The van der Waals surface area contributed by atoms with Crippen LogP contribution >= 0.6 is 11.8 Å². The van der Waals surface area contributed by atoms with E-state index in [4.69, 9.17) is 4.74 Å². The number of Topliss-reactive ketones (excluding diaryl/α,β-unsaturated/α-hetero) is 1. The van der Waals surface area contributed by atoms with E-state index in [-0.39, 0.29) is 11.2 Å². The predicted octanol–water partition coefficient (Wildman–Crippen LogP) is 2.92. The lowest BCUT2D eigenvalue weighted by atomic mass is 9.86. The minimum Gasteiger partial charge on any atom is -0.378 e. The molecule has 1 aromatic carbocycles. The maximum Gasteiger partial charge on any atom is 0.227 e. The smallest absolute Gasteiger partial charge is 0.227 e. The molecule has 0 radical (unpaired) electrons. The van der Waals surface area contributed by atoms with Crippen LogP contribution in [0.25, 0.3) is 0 Å². The van der Waals surface area contributed by atoms with Gasteiger partial charge in [0.15, 0.2) is 10.9 Å². The lowest BCUT2D eigenvalue weighted by Gasteiger charge is -2.27. The van der Waals surface area contributed by atoms with Gasteiger partial charge in [-0.3, -0.25) is 9.36 Å². The number of ketones is 1. The third-order valence-corrected chi connectivity index (χ3v) is 5.53. The lowest BCUT2D eigenvalue weighted by Crippen LogP contribution is -2.37. The molecule has 1 aromatic heterocycles. The Kier molecular flexibility index (Phi) is 5.67. The zero-order chi connectivity index (χ0) is 18.7. The van der Waals surface area contributed by atoms with Crippen molar-refractivity contribution < 1.29 is 9.53 Å². The van der Waals surface area contributed by atoms with Crippen molar-refractivity contribution in [3.8, 4) is 0 Å². The SMILES string of the molecule is Cn1c(SCC(=O)c2ccc(C(C)(C)C)cc2)nnc1N1CCOCC1. The van der Waals surface area contributed by atoms with Crippen molar-refractivity contribution in [3.05, 3.63) is 35.4 Å². The van der Waals surface area contributed by atoms with Gasteiger partial charge >= 0.3 is 0 Å². The largest absolute Gasteiger partial charge is 0.378 e. The third-order valence-electron chi connectivity index (χ3n) is 4.51. The monoisotopic (exact) mass is 374 g/mol. The first kappa shape index (κ1) is 18.9. The Balaban J connectivity index is 1.62. The number of hydrogen-bond donors (Lipinski definition) is 0. The van der Waals surface area contributed by atoms with Crippen LogP contribution in [0.4, 0.5) is 5.95 Å². The summed E-state index contributed by atoms with van der Waals surface area (Å²) in [6, 6.07) is 7.91. The summed E-state index contributed by atoms with van der Waals surface area (Å²) in [5.74, 6) is 1.29. The quantitative estimate of drug-likeness (QED) is 0.592. The van der Waals surface area contributed by atoms with Gasteiger partial charge in [0.2, 0.25) is 5.95 Å². The summed E-state index contributed by atoms with van der Waals surface area (Å²) in [7, 11) is 1.94. The first-order valence-electron chi connectivity index (χ1n) is 8.85. The summed E-state index contributed by atoms with van der Waals surface area (Å²) in [5.41, 5.74) is 2.05. The highest BCUT2D eigenvalue weighted by atomic mass is 32.2. The summed E-state index contributed by atoms with van der Waals surface area (Å²) in [6.45, 7) is 9.54. The topological polar surface area (TPSA) is 60.2 Å². The van der Waals surface area contributed by atoms with E-state index in [1.165, 1.54) is 17.3 Å². The molecule has 0 aliphatic carbocycles. The number of anilines is 1. The van der Waals surface area contributed by atoms with Gasteiger partial charge in [-0.25, -0.2) is 0 Å². The molecule has 3 rings (SSSR count). The van der Waals surface area contributed by atoms with Crippen LogP contribution in [0.5, 0.6) is 0 Å². The molecule has 0 N–H and O–H groups in total. The molecular formula is C19H26N4O2S. The highest BCUT2D eigenvalue weighted by Gasteiger charge is 2.19. The fourth-order valence-corrected chi connectivity index (χ4v) is 3.64. The molecule has 2 aromatic rings. The Bertz CT molecular complexity index is 759. The van der Waals surface area contributed by atoms with E-state index in [1.54, 1.807) is 0 Å². The van der Waals surface area contributed by atoms with Crippen molar-refractivity contribution in [2.75, 3.05) is 37.0 Å². The number of carbonyl (C=O) groups excluding carboxylic acids is 1. The number of rotatable bonds is 5. The van der Waals surface area contributed by atoms with Crippen LogP contribution in [0.1, 0.15) is 36.7 Å². The Morgan fingerprint density at radius 3 is 2.42 bits per heavy atom. The van der Waals surface area contributed by atoms with Gasteiger partial charge < -0.3 is 9.64 Å². The van der Waals surface area contributed by atoms with Gasteiger partial charge in [0.1, 0.15) is 0 Å². The van der Waals surface area contributed by atoms with Crippen LogP contribution < -0.4 is 4.90 Å². The fraction of sp³-hybridized carbons (Fsp3) is 0.526. The van der Waals surface area contributed by atoms with Crippen molar-refractivity contribution in [3.63, 3.8) is 0 Å². The third kappa shape index (κ3) is 4.27. The summed E-state index contributed by atoms with van der Waals surface area (Å²) in [6.07, 6.45) is 0. The number of hydrogen-bond acceptors (Lipinski definition) is 6. The molecule has 0 atom stereocenters. The van der Waals surface area contributed by atoms with Gasteiger partial charge in [-0.1, -0.05) is 56.8 Å². The number of nitrogens with zero attached hydrogens (tertiary/aromatic N) is 4. The molecule has 1 fully saturated rings. The average molecular weight is 375 g/mol. The molecule has 7 heteroatoms. The molecule has 2 heterocycles. The van der Waals surface area contributed by atoms with Crippen molar-refractivity contribution in [2.45, 2.75) is 31.3 Å². The number of carbonyl (C=O) groups is 1. The number of aromatic nitrogens is 3. The van der Waals surface area contributed by atoms with Crippen molar-refractivity contribution in [2.24, 2.45) is 7.05 Å². The van der Waals surface area contributed by atoms with Crippen LogP contribution in [-0.4, -0.2) is 52.6 Å². The van der Waals surface area contributed by atoms with Crippen molar-refractivity contribution in [1.29, 1.82) is 0 Å². The highest BCUT2D eigenvalue weighted by Crippen LogP contribution is 2.24. The second kappa shape index (κ2) is 7.80. The van der Waals surface area contributed by atoms with Gasteiger partial charge in [-0.15, -0.1) is 10.2 Å². The number of morpholine rings is 1. The van der Waals surface area contributed by atoms with E-state index in [0.717, 1.165) is 29.8 Å². The van der Waals surface area contributed by atoms with E-state index in [0.29, 0.717) is 19.0 Å². The molecule has 1 saturated heterocycles. The molecule has 0 saturated carbocycles. The second-order valence-electron chi connectivity index (χ2n) is 7.48. The molecule has 0 spiro atoms. The maximum atomic E-state index is 12.5. The summed E-state index contributed by atoms with van der Waals surface area (Å²) >= 11 is 1.43. The van der Waals surface area contributed by atoms with Gasteiger partial charge in [-0.05, 0) is 11.0 Å².